The Morgan fingerprint density at radius 1 is 1.30 bits per heavy atom. The van der Waals surface area contributed by atoms with Crippen LogP contribution in [-0.4, -0.2) is 41.9 Å². The van der Waals surface area contributed by atoms with E-state index in [1.165, 1.54) is 6.20 Å². The molecule has 1 amide bonds. The number of thioether (sulfide) groups is 1. The highest BCUT2D eigenvalue weighted by molar-refractivity contribution is 7.99. The molecule has 1 aromatic heterocycles. The molecule has 2 heterocycles. The highest BCUT2D eigenvalue weighted by Gasteiger charge is 2.19. The van der Waals surface area contributed by atoms with Gasteiger partial charge in [0.25, 0.3) is 5.91 Å². The summed E-state index contributed by atoms with van der Waals surface area (Å²) in [6, 6.07) is 10.5. The molecule has 2 aromatic rings. The third-order valence-electron chi connectivity index (χ3n) is 3.92. The van der Waals surface area contributed by atoms with Gasteiger partial charge in [0.15, 0.2) is 11.8 Å². The van der Waals surface area contributed by atoms with Crippen LogP contribution in [0, 0.1) is 0 Å². The number of benzene rings is 1. The number of anilines is 1. The molecule has 8 heteroatoms. The van der Waals surface area contributed by atoms with Gasteiger partial charge in [0.2, 0.25) is 0 Å². The van der Waals surface area contributed by atoms with E-state index in [2.05, 4.69) is 10.3 Å². The number of halogens is 1. The van der Waals surface area contributed by atoms with E-state index in [0.29, 0.717) is 11.3 Å². The molecule has 0 bridgehead atoms. The summed E-state index contributed by atoms with van der Waals surface area (Å²) in [6.07, 6.45) is 3.85. The van der Waals surface area contributed by atoms with Gasteiger partial charge < -0.3 is 14.8 Å². The summed E-state index contributed by atoms with van der Waals surface area (Å²) in [7, 11) is 0. The van der Waals surface area contributed by atoms with E-state index in [4.69, 9.17) is 21.1 Å². The third kappa shape index (κ3) is 5.69. The second kappa shape index (κ2) is 9.73. The lowest BCUT2D eigenvalue weighted by molar-refractivity contribution is -0.119. The minimum absolute atomic E-state index is 0.174. The van der Waals surface area contributed by atoms with Gasteiger partial charge in [-0.2, -0.15) is 0 Å². The molecule has 0 spiro atoms. The standard InChI is InChI=1S/C19H19ClN2O4S/c20-18-15(7-3-9-21-18)22-17(23)11-26-19(24)14-6-1-2-8-16(14)27-12-13-5-4-10-25-13/h1-3,6-9,13H,4-5,10-12H2,(H,22,23)/t13-/m1/s1. The highest BCUT2D eigenvalue weighted by Crippen LogP contribution is 2.27. The minimum Gasteiger partial charge on any atom is -0.452 e. The molecule has 1 fully saturated rings. The summed E-state index contributed by atoms with van der Waals surface area (Å²) in [6.45, 7) is 0.389. The second-order valence-corrected chi connectivity index (χ2v) is 7.33. The van der Waals surface area contributed by atoms with Gasteiger partial charge in [-0.05, 0) is 37.1 Å². The maximum Gasteiger partial charge on any atom is 0.339 e. The molecular formula is C19H19ClN2O4S. The molecule has 3 rings (SSSR count). The SMILES string of the molecule is O=C(COC(=O)c1ccccc1SC[C@H]1CCCO1)Nc1cccnc1Cl. The normalized spacial score (nSPS) is 16.1. The Bertz CT molecular complexity index is 812. The largest absolute Gasteiger partial charge is 0.452 e. The molecule has 1 N–H and O–H groups in total. The number of nitrogens with zero attached hydrogens (tertiary/aromatic N) is 1. The number of rotatable bonds is 7. The second-order valence-electron chi connectivity index (χ2n) is 5.91. The first kappa shape index (κ1) is 19.7. The first-order chi connectivity index (χ1) is 13.1. The molecule has 1 saturated heterocycles. The van der Waals surface area contributed by atoms with Gasteiger partial charge in [-0.15, -0.1) is 11.8 Å². The quantitative estimate of drug-likeness (QED) is 0.428. The zero-order valence-corrected chi connectivity index (χ0v) is 16.1. The van der Waals surface area contributed by atoms with Crippen molar-refractivity contribution in [2.24, 2.45) is 0 Å². The van der Waals surface area contributed by atoms with Crippen molar-refractivity contribution >= 4 is 40.9 Å². The van der Waals surface area contributed by atoms with Gasteiger partial charge >= 0.3 is 5.97 Å². The monoisotopic (exact) mass is 406 g/mol. The van der Waals surface area contributed by atoms with Gasteiger partial charge in [0.05, 0.1) is 17.4 Å². The van der Waals surface area contributed by atoms with Crippen molar-refractivity contribution in [3.63, 3.8) is 0 Å². The van der Waals surface area contributed by atoms with Crippen molar-refractivity contribution in [1.29, 1.82) is 0 Å². The topological polar surface area (TPSA) is 77.5 Å². The Kier molecular flexibility index (Phi) is 7.09. The predicted molar refractivity (Wildman–Crippen MR) is 104 cm³/mol. The van der Waals surface area contributed by atoms with Crippen molar-refractivity contribution < 1.29 is 19.1 Å². The first-order valence-corrected chi connectivity index (χ1v) is 9.91. The Hall–Kier alpha value is -2.09. The van der Waals surface area contributed by atoms with Gasteiger partial charge in [-0.1, -0.05) is 23.7 Å². The van der Waals surface area contributed by atoms with Gasteiger partial charge in [-0.25, -0.2) is 9.78 Å². The van der Waals surface area contributed by atoms with Gasteiger partial charge in [-0.3, -0.25) is 4.79 Å². The van der Waals surface area contributed by atoms with Crippen LogP contribution in [0.3, 0.4) is 0 Å². The molecule has 1 aliphatic heterocycles. The number of hydrogen-bond donors (Lipinski definition) is 1. The number of carbonyl (C=O) groups excluding carboxylic acids is 2. The van der Waals surface area contributed by atoms with Crippen LogP contribution < -0.4 is 5.32 Å². The third-order valence-corrected chi connectivity index (χ3v) is 5.43. The molecule has 0 unspecified atom stereocenters. The van der Waals surface area contributed by atoms with E-state index in [1.54, 1.807) is 36.0 Å². The number of ether oxygens (including phenoxy) is 2. The average Bonchev–Trinajstić information content (AvgIpc) is 3.20. The summed E-state index contributed by atoms with van der Waals surface area (Å²) in [5, 5.41) is 2.74. The lowest BCUT2D eigenvalue weighted by Gasteiger charge is -2.12. The molecule has 1 atom stereocenters. The molecular weight excluding hydrogens is 388 g/mol. The van der Waals surface area contributed by atoms with Crippen LogP contribution in [0.25, 0.3) is 0 Å². The molecule has 0 radical (unpaired) electrons. The summed E-state index contributed by atoms with van der Waals surface area (Å²) < 4.78 is 10.8. The Morgan fingerprint density at radius 3 is 2.93 bits per heavy atom. The summed E-state index contributed by atoms with van der Waals surface area (Å²) in [4.78, 5) is 29.1. The highest BCUT2D eigenvalue weighted by atomic mass is 35.5. The van der Waals surface area contributed by atoms with Crippen LogP contribution in [0.2, 0.25) is 5.15 Å². The first-order valence-electron chi connectivity index (χ1n) is 8.54. The summed E-state index contributed by atoms with van der Waals surface area (Å²) in [5.74, 6) is -0.245. The molecule has 1 aromatic carbocycles. The fourth-order valence-electron chi connectivity index (χ4n) is 2.59. The van der Waals surface area contributed by atoms with Crippen LogP contribution in [0.5, 0.6) is 0 Å². The average molecular weight is 407 g/mol. The molecule has 0 saturated carbocycles. The van der Waals surface area contributed by atoms with Crippen molar-refractivity contribution in [2.45, 2.75) is 23.8 Å². The van der Waals surface area contributed by atoms with Crippen molar-refractivity contribution in [3.05, 3.63) is 53.3 Å². The maximum atomic E-state index is 12.4. The van der Waals surface area contributed by atoms with Crippen LogP contribution in [0.4, 0.5) is 5.69 Å². The molecule has 6 nitrogen and oxygen atoms in total. The summed E-state index contributed by atoms with van der Waals surface area (Å²) in [5.41, 5.74) is 0.806. The van der Waals surface area contributed by atoms with E-state index < -0.39 is 18.5 Å². The van der Waals surface area contributed by atoms with Crippen molar-refractivity contribution in [1.82, 2.24) is 4.98 Å². The molecule has 1 aliphatic rings. The number of esters is 1. The predicted octanol–water partition coefficient (Wildman–Crippen LogP) is 3.80. The van der Waals surface area contributed by atoms with E-state index >= 15 is 0 Å². The van der Waals surface area contributed by atoms with Crippen molar-refractivity contribution in [2.75, 3.05) is 24.3 Å². The Balaban J connectivity index is 1.54. The number of nitrogens with one attached hydrogen (secondary N) is 1. The van der Waals surface area contributed by atoms with Crippen LogP contribution in [0.1, 0.15) is 23.2 Å². The van der Waals surface area contributed by atoms with Crippen LogP contribution in [0.15, 0.2) is 47.5 Å². The van der Waals surface area contributed by atoms with Crippen LogP contribution in [-0.2, 0) is 14.3 Å². The Morgan fingerprint density at radius 2 is 2.15 bits per heavy atom. The molecule has 142 valence electrons. The zero-order valence-electron chi connectivity index (χ0n) is 14.5. The van der Waals surface area contributed by atoms with Crippen LogP contribution >= 0.6 is 23.4 Å². The summed E-state index contributed by atoms with van der Waals surface area (Å²) >= 11 is 7.45. The lowest BCUT2D eigenvalue weighted by Crippen LogP contribution is -2.21. The number of carbonyl (C=O) groups is 2. The van der Waals surface area contributed by atoms with E-state index in [-0.39, 0.29) is 11.3 Å². The fourth-order valence-corrected chi connectivity index (χ4v) is 3.87. The fraction of sp³-hybridized carbons (Fsp3) is 0.316. The lowest BCUT2D eigenvalue weighted by atomic mass is 10.2. The minimum atomic E-state index is -0.544. The Labute approximate surface area is 166 Å². The van der Waals surface area contributed by atoms with Gasteiger partial charge in [0, 0.05) is 23.5 Å². The smallest absolute Gasteiger partial charge is 0.339 e. The number of aromatic nitrogens is 1. The number of pyridine rings is 1. The number of amides is 1. The van der Waals surface area contributed by atoms with E-state index in [9.17, 15) is 9.59 Å². The van der Waals surface area contributed by atoms with Crippen molar-refractivity contribution in [3.8, 4) is 0 Å². The van der Waals surface area contributed by atoms with E-state index in [0.717, 1.165) is 30.1 Å². The maximum absolute atomic E-state index is 12.4. The van der Waals surface area contributed by atoms with E-state index in [1.807, 2.05) is 12.1 Å². The molecule has 0 aliphatic carbocycles. The zero-order chi connectivity index (χ0) is 19.1. The molecule has 27 heavy (non-hydrogen) atoms. The number of hydrogen-bond acceptors (Lipinski definition) is 6. The van der Waals surface area contributed by atoms with Gasteiger partial charge in [0.1, 0.15) is 0 Å².